The first-order valence-electron chi connectivity index (χ1n) is 3.63. The maximum atomic E-state index is 12.8. The van der Waals surface area contributed by atoms with Gasteiger partial charge in [-0.05, 0) is 33.6 Å². The van der Waals surface area contributed by atoms with Crippen LogP contribution in [0.3, 0.4) is 0 Å². The number of benzene rings is 1. The molecule has 0 heterocycles. The smallest absolute Gasteiger partial charge is 0.332 e. The maximum Gasteiger partial charge on any atom is 0.332 e. The number of hydrazone groups is 1. The lowest BCUT2D eigenvalue weighted by Crippen LogP contribution is -2.24. The first-order chi connectivity index (χ1) is 6.59. The monoisotopic (exact) mass is 259 g/mol. The molecule has 74 valence electrons. The van der Waals surface area contributed by atoms with Crippen molar-refractivity contribution in [2.24, 2.45) is 10.8 Å². The van der Waals surface area contributed by atoms with Crippen molar-refractivity contribution in [3.8, 4) is 0 Å². The second-order valence-electron chi connectivity index (χ2n) is 2.41. The number of amides is 2. The average molecular weight is 260 g/mol. The highest BCUT2D eigenvalue weighted by Crippen LogP contribution is 2.15. The van der Waals surface area contributed by atoms with E-state index in [1.54, 1.807) is 0 Å². The van der Waals surface area contributed by atoms with E-state index in [2.05, 4.69) is 21.0 Å². The third-order valence-corrected chi connectivity index (χ3v) is 1.94. The normalized spacial score (nSPS) is 10.4. The summed E-state index contributed by atoms with van der Waals surface area (Å²) in [5.74, 6) is -0.356. The van der Waals surface area contributed by atoms with Crippen LogP contribution in [0, 0.1) is 5.82 Å². The number of urea groups is 1. The van der Waals surface area contributed by atoms with Crippen molar-refractivity contribution in [1.29, 1.82) is 0 Å². The second kappa shape index (κ2) is 4.71. The van der Waals surface area contributed by atoms with Crippen LogP contribution in [0.25, 0.3) is 0 Å². The number of carbonyl (C=O) groups is 1. The summed E-state index contributed by atoms with van der Waals surface area (Å²) >= 11 is 3.02. The molecule has 14 heavy (non-hydrogen) atoms. The number of rotatable bonds is 2. The lowest BCUT2D eigenvalue weighted by atomic mass is 10.2. The molecule has 0 fully saturated rings. The SMILES string of the molecule is NC(=O)N/N=C\c1ccc(F)c(Br)c1. The molecule has 0 spiro atoms. The van der Waals surface area contributed by atoms with Crippen LogP contribution in [0.4, 0.5) is 9.18 Å². The van der Waals surface area contributed by atoms with E-state index >= 15 is 0 Å². The minimum absolute atomic E-state index is 0.334. The van der Waals surface area contributed by atoms with Crippen molar-refractivity contribution >= 4 is 28.2 Å². The zero-order chi connectivity index (χ0) is 10.6. The predicted octanol–water partition coefficient (Wildman–Crippen LogP) is 1.59. The molecule has 0 saturated carbocycles. The molecule has 0 radical (unpaired) electrons. The minimum Gasteiger partial charge on any atom is -0.350 e. The number of nitrogens with two attached hydrogens (primary N) is 1. The van der Waals surface area contributed by atoms with Crippen LogP contribution in [0.1, 0.15) is 5.56 Å². The summed E-state index contributed by atoms with van der Waals surface area (Å²) in [7, 11) is 0. The number of nitrogens with one attached hydrogen (secondary N) is 1. The molecular weight excluding hydrogens is 253 g/mol. The Balaban J connectivity index is 2.73. The Hall–Kier alpha value is -1.43. The van der Waals surface area contributed by atoms with Crippen LogP contribution in [-0.2, 0) is 0 Å². The van der Waals surface area contributed by atoms with Crippen molar-refractivity contribution in [3.05, 3.63) is 34.1 Å². The predicted molar refractivity (Wildman–Crippen MR) is 54.4 cm³/mol. The van der Waals surface area contributed by atoms with Gasteiger partial charge in [0.25, 0.3) is 0 Å². The van der Waals surface area contributed by atoms with Crippen molar-refractivity contribution < 1.29 is 9.18 Å². The van der Waals surface area contributed by atoms with Gasteiger partial charge in [-0.15, -0.1) is 0 Å². The molecule has 0 atom stereocenters. The molecule has 6 heteroatoms. The fraction of sp³-hybridized carbons (Fsp3) is 0. The van der Waals surface area contributed by atoms with E-state index in [9.17, 15) is 9.18 Å². The Labute approximate surface area is 88.1 Å². The molecule has 0 aliphatic heterocycles. The van der Waals surface area contributed by atoms with Crippen LogP contribution in [0.15, 0.2) is 27.8 Å². The van der Waals surface area contributed by atoms with Gasteiger partial charge in [0, 0.05) is 0 Å². The molecule has 1 aromatic carbocycles. The molecule has 0 saturated heterocycles. The van der Waals surface area contributed by atoms with Crippen molar-refractivity contribution in [1.82, 2.24) is 5.43 Å². The van der Waals surface area contributed by atoms with Crippen LogP contribution < -0.4 is 11.2 Å². The first kappa shape index (κ1) is 10.6. The highest BCUT2D eigenvalue weighted by molar-refractivity contribution is 9.10. The Morgan fingerprint density at radius 1 is 1.64 bits per heavy atom. The third kappa shape index (κ3) is 3.14. The first-order valence-corrected chi connectivity index (χ1v) is 4.42. The Bertz CT molecular complexity index is 381. The van der Waals surface area contributed by atoms with Crippen LogP contribution in [-0.4, -0.2) is 12.2 Å². The summed E-state index contributed by atoms with van der Waals surface area (Å²) in [4.78, 5) is 10.2. The van der Waals surface area contributed by atoms with Gasteiger partial charge in [0.1, 0.15) is 5.82 Å². The molecule has 1 rings (SSSR count). The van der Waals surface area contributed by atoms with Crippen LogP contribution >= 0.6 is 15.9 Å². The van der Waals surface area contributed by atoms with Gasteiger partial charge in [0.2, 0.25) is 0 Å². The summed E-state index contributed by atoms with van der Waals surface area (Å²) < 4.78 is 13.1. The summed E-state index contributed by atoms with van der Waals surface area (Å²) in [5.41, 5.74) is 7.45. The number of carbonyl (C=O) groups excluding carboxylic acids is 1. The van der Waals surface area contributed by atoms with E-state index < -0.39 is 6.03 Å². The van der Waals surface area contributed by atoms with Gasteiger partial charge in [-0.3, -0.25) is 0 Å². The average Bonchev–Trinajstić information content (AvgIpc) is 2.10. The minimum atomic E-state index is -0.748. The molecule has 1 aromatic rings. The molecule has 0 aliphatic rings. The van der Waals surface area contributed by atoms with E-state index in [1.165, 1.54) is 24.4 Å². The molecule has 0 aliphatic carbocycles. The Kier molecular flexibility index (Phi) is 3.58. The summed E-state index contributed by atoms with van der Waals surface area (Å²) in [6.45, 7) is 0. The standard InChI is InChI=1S/C8H7BrFN3O/c9-6-3-5(1-2-7(6)10)4-12-13-8(11)14/h1-4H,(H3,11,13,14)/b12-4-. The maximum absolute atomic E-state index is 12.8. The van der Waals surface area contributed by atoms with Crippen LogP contribution in [0.2, 0.25) is 0 Å². The molecule has 0 unspecified atom stereocenters. The number of hydrogen-bond donors (Lipinski definition) is 2. The third-order valence-electron chi connectivity index (χ3n) is 1.33. The van der Waals surface area contributed by atoms with Gasteiger partial charge in [-0.25, -0.2) is 14.6 Å². The molecular formula is C8H7BrFN3O. The largest absolute Gasteiger partial charge is 0.350 e. The molecule has 2 amide bonds. The lowest BCUT2D eigenvalue weighted by Gasteiger charge is -1.96. The number of hydrogen-bond acceptors (Lipinski definition) is 2. The van der Waals surface area contributed by atoms with Gasteiger partial charge in [0.15, 0.2) is 0 Å². The van der Waals surface area contributed by atoms with Gasteiger partial charge in [-0.2, -0.15) is 5.10 Å². The van der Waals surface area contributed by atoms with Gasteiger partial charge in [-0.1, -0.05) is 6.07 Å². The number of primary amides is 1. The summed E-state index contributed by atoms with van der Waals surface area (Å²) in [5, 5.41) is 3.52. The van der Waals surface area contributed by atoms with Crippen molar-refractivity contribution in [2.45, 2.75) is 0 Å². The fourth-order valence-corrected chi connectivity index (χ4v) is 1.16. The Morgan fingerprint density at radius 3 is 2.93 bits per heavy atom. The van der Waals surface area contributed by atoms with Crippen molar-refractivity contribution in [2.75, 3.05) is 0 Å². The van der Waals surface area contributed by atoms with Crippen LogP contribution in [0.5, 0.6) is 0 Å². The highest BCUT2D eigenvalue weighted by atomic mass is 79.9. The summed E-state index contributed by atoms with van der Waals surface area (Å²) in [6.07, 6.45) is 1.36. The van der Waals surface area contributed by atoms with E-state index in [1.807, 2.05) is 5.43 Å². The van der Waals surface area contributed by atoms with Gasteiger partial charge in [0.05, 0.1) is 10.7 Å². The van der Waals surface area contributed by atoms with E-state index in [0.717, 1.165) is 0 Å². The number of halogens is 2. The summed E-state index contributed by atoms with van der Waals surface area (Å²) in [6, 6.07) is 3.59. The topological polar surface area (TPSA) is 67.5 Å². The fourth-order valence-electron chi connectivity index (χ4n) is 0.763. The van der Waals surface area contributed by atoms with Crippen molar-refractivity contribution in [3.63, 3.8) is 0 Å². The van der Waals surface area contributed by atoms with E-state index in [4.69, 9.17) is 5.73 Å². The highest BCUT2D eigenvalue weighted by Gasteiger charge is 1.97. The Morgan fingerprint density at radius 2 is 2.36 bits per heavy atom. The second-order valence-corrected chi connectivity index (χ2v) is 3.26. The molecule has 4 nitrogen and oxygen atoms in total. The number of nitrogens with zero attached hydrogens (tertiary/aromatic N) is 1. The zero-order valence-corrected chi connectivity index (χ0v) is 8.58. The van der Waals surface area contributed by atoms with E-state index in [-0.39, 0.29) is 5.82 Å². The lowest BCUT2D eigenvalue weighted by molar-refractivity contribution is 0.249. The van der Waals surface area contributed by atoms with E-state index in [0.29, 0.717) is 10.0 Å². The molecule has 3 N–H and O–H groups in total. The molecule has 0 bridgehead atoms. The zero-order valence-electron chi connectivity index (χ0n) is 7.00. The molecule has 0 aromatic heterocycles. The van der Waals surface area contributed by atoms with Gasteiger partial charge >= 0.3 is 6.03 Å². The quantitative estimate of drug-likeness (QED) is 0.615. The van der Waals surface area contributed by atoms with Gasteiger partial charge < -0.3 is 5.73 Å².